The minimum atomic E-state index is -1.51. The number of thiazole rings is 1. The molecule has 12 atom stereocenters. The number of rotatable bonds is 54. The van der Waals surface area contributed by atoms with E-state index in [1.54, 1.807) is 81.3 Å². The van der Waals surface area contributed by atoms with Gasteiger partial charge in [0.15, 0.2) is 11.6 Å². The lowest BCUT2D eigenvalue weighted by Gasteiger charge is -2.41. The molecule has 4 heterocycles. The average molecular weight is 1680 g/mol. The number of methoxy groups -OCH3 is 1. The highest BCUT2D eigenvalue weighted by molar-refractivity contribution is 7.09. The number of amides is 11. The van der Waals surface area contributed by atoms with E-state index in [0.717, 1.165) is 28.3 Å². The summed E-state index contributed by atoms with van der Waals surface area (Å²) < 4.78 is 34.6. The van der Waals surface area contributed by atoms with Crippen LogP contribution in [-0.2, 0) is 87.6 Å². The number of nitrogens with one attached hydrogen (secondary N) is 4. The summed E-state index contributed by atoms with van der Waals surface area (Å²) in [5, 5.41) is 13.7. The number of nitrogens with two attached hydrogens (primary N) is 1. The molecule has 0 saturated carbocycles. The number of Topliss-reactive ketones (excluding diaryl/α,β-unsaturated/α-hetero) is 3. The van der Waals surface area contributed by atoms with Crippen molar-refractivity contribution in [1.82, 2.24) is 50.3 Å². The summed E-state index contributed by atoms with van der Waals surface area (Å²) >= 11 is 1.55. The second-order valence-electron chi connectivity index (χ2n) is 32.6. The van der Waals surface area contributed by atoms with E-state index in [0.29, 0.717) is 52.0 Å². The molecular weight excluding hydrogens is 1550 g/mol. The van der Waals surface area contributed by atoms with Gasteiger partial charge in [-0.1, -0.05) is 118 Å². The zero-order valence-electron chi connectivity index (χ0n) is 72.3. The molecule has 2 saturated heterocycles. The highest BCUT2D eigenvalue weighted by Gasteiger charge is 2.44. The van der Waals surface area contributed by atoms with E-state index in [1.807, 2.05) is 70.1 Å². The number of hydrogen-bond donors (Lipinski definition) is 5. The highest BCUT2D eigenvalue weighted by Crippen LogP contribution is 2.36. The van der Waals surface area contributed by atoms with Crippen molar-refractivity contribution < 1.29 is 90.8 Å². The second-order valence-corrected chi connectivity index (χ2v) is 33.5. The van der Waals surface area contributed by atoms with E-state index in [2.05, 4.69) is 50.2 Å². The molecule has 11 amide bonds. The molecule has 119 heavy (non-hydrogen) atoms. The third-order valence-electron chi connectivity index (χ3n) is 22.9. The molecule has 0 bridgehead atoms. The largest absolute Gasteiger partial charge is 0.431 e. The van der Waals surface area contributed by atoms with Gasteiger partial charge in [-0.15, -0.1) is 11.3 Å². The first kappa shape index (κ1) is 98.9. The number of aromatic nitrogens is 1. The fraction of sp³-hybridized carbons (Fsp3) is 0.655. The van der Waals surface area contributed by atoms with Crippen LogP contribution in [0.2, 0.25) is 0 Å². The predicted molar refractivity (Wildman–Crippen MR) is 450 cm³/mol. The summed E-state index contributed by atoms with van der Waals surface area (Å²) in [6.07, 6.45) is 3.83. The van der Waals surface area contributed by atoms with Gasteiger partial charge < -0.3 is 79.9 Å². The number of anilines is 1. The first-order chi connectivity index (χ1) is 56.8. The van der Waals surface area contributed by atoms with Gasteiger partial charge in [-0.2, -0.15) is 0 Å². The molecule has 31 nitrogen and oxygen atoms in total. The van der Waals surface area contributed by atoms with Gasteiger partial charge in [0.05, 0.1) is 88.5 Å². The number of nitrogens with zero attached hydrogens (tertiary/aromatic N) is 7. The van der Waals surface area contributed by atoms with Crippen molar-refractivity contribution in [3.05, 3.63) is 94.5 Å². The summed E-state index contributed by atoms with van der Waals surface area (Å²) in [7, 11) is 6.61. The van der Waals surface area contributed by atoms with E-state index in [4.69, 9.17) is 34.2 Å². The van der Waals surface area contributed by atoms with Crippen LogP contribution >= 0.6 is 11.3 Å². The number of primary amides is 1. The van der Waals surface area contributed by atoms with Crippen molar-refractivity contribution in [2.75, 3.05) is 139 Å². The number of likely N-dealkylation sites (N-methyl/N-ethyl adjacent to an activating group) is 3. The van der Waals surface area contributed by atoms with Crippen LogP contribution in [0.1, 0.15) is 168 Å². The van der Waals surface area contributed by atoms with Crippen molar-refractivity contribution >= 4 is 93.8 Å². The SMILES string of the molecule is CC[C@H](C)[C@@H]([C@@H](CC(=O)N1CCC[C@H]1[C@H](C)[C@@H](C)C(=O)C[C@@H](Cc1ccccc1)c1nccs1)OC)N(C)C(=O)[C@@H](CC(=O)[C@H](C(C)C)N(C)C(=O)OC(C(=O)N1CCN(C)CC1)c1ccc(NC(=O)[C@H](CCCNC(N)=O)CC(=O)[C@@H](NC(=O)CCOCCOCCOCCOCCNC(=O)CCN2C(=O)C=CC2=O)C(C)C)cc1)C(C)C. The van der Waals surface area contributed by atoms with E-state index < -0.39 is 101 Å². The lowest BCUT2D eigenvalue weighted by Crippen LogP contribution is -2.54. The maximum atomic E-state index is 15.2. The fourth-order valence-electron chi connectivity index (χ4n) is 15.5. The van der Waals surface area contributed by atoms with Crippen LogP contribution in [-0.4, -0.2) is 275 Å². The highest BCUT2D eigenvalue weighted by atomic mass is 32.1. The van der Waals surface area contributed by atoms with Crippen molar-refractivity contribution in [3.8, 4) is 0 Å². The molecule has 0 aliphatic carbocycles. The normalized spacial score (nSPS) is 17.2. The van der Waals surface area contributed by atoms with Gasteiger partial charge in [-0.3, -0.25) is 57.6 Å². The van der Waals surface area contributed by atoms with Gasteiger partial charge >= 0.3 is 12.1 Å². The number of carbonyl (C=O) groups excluding carboxylic acids is 13. The second kappa shape index (κ2) is 51.0. The number of imide groups is 1. The third kappa shape index (κ3) is 31.6. The van der Waals surface area contributed by atoms with Gasteiger partial charge in [0, 0.05) is 170 Å². The van der Waals surface area contributed by atoms with Gasteiger partial charge in [-0.25, -0.2) is 14.6 Å². The lowest BCUT2D eigenvalue weighted by molar-refractivity contribution is -0.148. The number of hydrogen-bond acceptors (Lipinski definition) is 22. The summed E-state index contributed by atoms with van der Waals surface area (Å²) in [5.41, 5.74) is 7.01. The van der Waals surface area contributed by atoms with Crippen molar-refractivity contribution in [3.63, 3.8) is 0 Å². The lowest BCUT2D eigenvalue weighted by atomic mass is 9.81. The fourth-order valence-corrected chi connectivity index (χ4v) is 16.3. The molecule has 2 fully saturated rings. The standard InChI is InChI=1S/C87H132N12O19S/c1-15-59(8)80(72(113-14)55-77(107)98-36-20-24-68(98)60(9)61(10)69(100)53-65(83-90-35-50-119-83)51-62-21-17-16-18-22-62)95(12)84(109)67(56(2)3)54-71(102)79(58(6)7)96(13)87(112)118-81(85(110)97-40-38-94(11)39-41-97)63-25-27-66(28-26-63)92-82(108)64(23-19-33-91-86(88)111)52-70(101)78(57(4)5)93-74(104)32-42-114-44-46-116-48-49-117-47-45-115-43-34-89-73(103)31-37-99-75(105)29-30-76(99)106/h16-18,21-22,25-30,35,50,56-61,64-65,67-68,72,78-81H,15,19-20,23-24,31-34,36-49,51-55H2,1-14H3,(H,89,103)(H,92,108)(H,93,104)(H3,88,91,111)/t59-,60+,61+,64+,65+,67-,68-,72+,78-,79-,80-,81?/m0/s1. The third-order valence-corrected chi connectivity index (χ3v) is 23.9. The Balaban J connectivity index is 1.03. The van der Waals surface area contributed by atoms with Crippen LogP contribution in [0.25, 0.3) is 0 Å². The minimum absolute atomic E-state index is 0.000830. The minimum Gasteiger partial charge on any atom is -0.431 e. The number of urea groups is 1. The number of ether oxygens (including phenoxy) is 6. The van der Waals surface area contributed by atoms with Crippen LogP contribution in [0.5, 0.6) is 0 Å². The number of likely N-dealkylation sites (tertiary alicyclic amines) is 1. The molecule has 6 N–H and O–H groups in total. The molecule has 6 rings (SSSR count). The summed E-state index contributed by atoms with van der Waals surface area (Å²) in [6.45, 7) is 23.4. The monoisotopic (exact) mass is 1680 g/mol. The van der Waals surface area contributed by atoms with Crippen LogP contribution in [0.15, 0.2) is 78.3 Å². The molecule has 0 spiro atoms. The predicted octanol–water partition coefficient (Wildman–Crippen LogP) is 7.80. The molecule has 3 aromatic rings. The van der Waals surface area contributed by atoms with Gasteiger partial charge in [-0.05, 0) is 86.4 Å². The van der Waals surface area contributed by atoms with E-state index in [-0.39, 0.29) is 194 Å². The van der Waals surface area contributed by atoms with Gasteiger partial charge in [0.25, 0.3) is 17.7 Å². The van der Waals surface area contributed by atoms with Crippen molar-refractivity contribution in [2.24, 2.45) is 53.1 Å². The van der Waals surface area contributed by atoms with Crippen LogP contribution < -0.4 is 27.0 Å². The van der Waals surface area contributed by atoms with Crippen LogP contribution in [0, 0.1) is 47.3 Å². The maximum absolute atomic E-state index is 15.2. The van der Waals surface area contributed by atoms with E-state index in [9.17, 15) is 52.7 Å². The topological polar surface area (TPSA) is 384 Å². The smallest absolute Gasteiger partial charge is 0.411 e. The number of ketones is 3. The first-order valence-corrected chi connectivity index (χ1v) is 43.0. The Morgan fingerprint density at radius 1 is 0.672 bits per heavy atom. The van der Waals surface area contributed by atoms with Crippen LogP contribution in [0.3, 0.4) is 0 Å². The molecule has 1 unspecified atom stereocenters. The molecule has 0 radical (unpaired) electrons. The first-order valence-electron chi connectivity index (χ1n) is 42.1. The van der Waals surface area contributed by atoms with Gasteiger partial charge in [0.1, 0.15) is 5.78 Å². The molecule has 32 heteroatoms. The number of carbonyl (C=O) groups is 13. The Bertz CT molecular complexity index is 3770. The molecule has 3 aliphatic rings. The Kier molecular flexibility index (Phi) is 42.4. The Morgan fingerprint density at radius 3 is 1.88 bits per heavy atom. The van der Waals surface area contributed by atoms with Gasteiger partial charge in [0.2, 0.25) is 35.6 Å². The van der Waals surface area contributed by atoms with E-state index in [1.165, 1.54) is 36.2 Å². The summed E-state index contributed by atoms with van der Waals surface area (Å²) in [4.78, 5) is 191. The summed E-state index contributed by atoms with van der Waals surface area (Å²) in [6, 6.07) is 12.7. The average Bonchev–Trinajstić information content (AvgIpc) is 1.57. The van der Waals surface area contributed by atoms with Crippen molar-refractivity contribution in [1.29, 1.82) is 0 Å². The molecular formula is C87H132N12O19S. The van der Waals surface area contributed by atoms with Crippen LogP contribution in [0.4, 0.5) is 15.3 Å². The quantitative estimate of drug-likeness (QED) is 0.0266. The Morgan fingerprint density at radius 2 is 1.30 bits per heavy atom. The number of piperazine rings is 1. The summed E-state index contributed by atoms with van der Waals surface area (Å²) in [5.74, 6) is -7.57. The molecule has 1 aromatic heterocycles. The maximum Gasteiger partial charge on any atom is 0.411 e. The molecule has 2 aromatic carbocycles. The molecule has 660 valence electrons. The Labute approximate surface area is 706 Å². The van der Waals surface area contributed by atoms with E-state index >= 15 is 9.59 Å². The van der Waals surface area contributed by atoms with Crippen molar-refractivity contribution in [2.45, 2.75) is 189 Å². The molecule has 3 aliphatic heterocycles. The number of benzene rings is 2. The zero-order valence-corrected chi connectivity index (χ0v) is 73.2. The zero-order chi connectivity index (χ0) is 87.4. The Hall–Kier alpha value is -8.92.